The number of piperidine rings is 2. The van der Waals surface area contributed by atoms with Crippen LogP contribution in [0.4, 0.5) is 16.5 Å². The van der Waals surface area contributed by atoms with Gasteiger partial charge in [0.05, 0.1) is 22.9 Å². The summed E-state index contributed by atoms with van der Waals surface area (Å²) in [6.07, 6.45) is 8.19. The van der Waals surface area contributed by atoms with Crippen LogP contribution in [0.5, 0.6) is 0 Å². The smallest absolute Gasteiger partial charge is 0.268 e. The molecule has 190 valence electrons. The van der Waals surface area contributed by atoms with E-state index in [0.29, 0.717) is 11.1 Å². The van der Waals surface area contributed by atoms with Gasteiger partial charge in [-0.1, -0.05) is 11.3 Å². The van der Waals surface area contributed by atoms with Crippen molar-refractivity contribution in [1.29, 1.82) is 0 Å². The van der Waals surface area contributed by atoms with E-state index in [1.807, 2.05) is 12.1 Å². The van der Waals surface area contributed by atoms with Gasteiger partial charge in [-0.25, -0.2) is 13.4 Å². The molecule has 3 fully saturated rings. The zero-order valence-electron chi connectivity index (χ0n) is 19.8. The highest BCUT2D eigenvalue weighted by molar-refractivity contribution is 7.92. The third kappa shape index (κ3) is 5.26. The summed E-state index contributed by atoms with van der Waals surface area (Å²) in [6, 6.07) is 5.39. The molecule has 1 amide bonds. The first-order valence-electron chi connectivity index (χ1n) is 12.4. The van der Waals surface area contributed by atoms with Gasteiger partial charge < -0.3 is 20.6 Å². The molecule has 0 bridgehead atoms. The minimum absolute atomic E-state index is 0.265. The molecule has 0 unspecified atom stereocenters. The number of hydrogen-bond acceptors (Lipinski definition) is 8. The van der Waals surface area contributed by atoms with Gasteiger partial charge in [0.2, 0.25) is 10.0 Å². The topological polar surface area (TPSA) is 129 Å². The molecule has 9 nitrogen and oxygen atoms in total. The fourth-order valence-electron chi connectivity index (χ4n) is 5.18. The number of nitrogens with one attached hydrogen (secondary N) is 1. The third-order valence-corrected chi connectivity index (χ3v) is 9.89. The van der Waals surface area contributed by atoms with Gasteiger partial charge in [-0.05, 0) is 68.6 Å². The maximum absolute atomic E-state index is 12.4. The Morgan fingerprint density at radius 3 is 2.43 bits per heavy atom. The molecule has 0 radical (unpaired) electrons. The van der Waals surface area contributed by atoms with Crippen LogP contribution < -0.4 is 20.3 Å². The molecule has 1 aliphatic carbocycles. The van der Waals surface area contributed by atoms with Crippen molar-refractivity contribution in [2.45, 2.75) is 44.9 Å². The van der Waals surface area contributed by atoms with Crippen LogP contribution in [-0.4, -0.2) is 63.0 Å². The lowest BCUT2D eigenvalue weighted by atomic mass is 9.93. The number of rotatable bonds is 8. The highest BCUT2D eigenvalue weighted by atomic mass is 32.2. The zero-order valence-corrected chi connectivity index (χ0v) is 21.5. The van der Waals surface area contributed by atoms with Crippen LogP contribution >= 0.6 is 11.3 Å². The normalized spacial score (nSPS) is 19.7. The van der Waals surface area contributed by atoms with E-state index in [2.05, 4.69) is 19.5 Å². The number of primary amides is 1. The van der Waals surface area contributed by atoms with Crippen LogP contribution in [0.3, 0.4) is 0 Å². The molecule has 3 heterocycles. The first-order chi connectivity index (χ1) is 16.8. The number of benzene rings is 1. The van der Waals surface area contributed by atoms with Crippen molar-refractivity contribution in [3.8, 4) is 10.4 Å². The standard InChI is InChI=1S/C24H33N5O4S2/c25-22(31)20-21(34-23(26-20)29-10-2-1-3-11-29)18-5-4-17(27-35(32,33)15-14-30)16-19(18)28-12-8-24(6-7-24)9-13-28/h4-5,16,27,30H,1-3,6-15H2,(H2,25,31). The van der Waals surface area contributed by atoms with Crippen LogP contribution in [0.25, 0.3) is 10.4 Å². The molecule has 1 aromatic carbocycles. The maximum Gasteiger partial charge on any atom is 0.268 e. The largest absolute Gasteiger partial charge is 0.395 e. The van der Waals surface area contributed by atoms with Gasteiger partial charge in [-0.3, -0.25) is 9.52 Å². The van der Waals surface area contributed by atoms with E-state index in [1.165, 1.54) is 30.6 Å². The summed E-state index contributed by atoms with van der Waals surface area (Å²) in [5.41, 5.74) is 8.68. The Morgan fingerprint density at radius 2 is 1.80 bits per heavy atom. The maximum atomic E-state index is 12.4. The van der Waals surface area contributed by atoms with Crippen LogP contribution in [0, 0.1) is 5.41 Å². The van der Waals surface area contributed by atoms with Gasteiger partial charge in [-0.15, -0.1) is 0 Å². The van der Waals surface area contributed by atoms with E-state index >= 15 is 0 Å². The number of nitrogens with two attached hydrogens (primary N) is 1. The number of carbonyl (C=O) groups is 1. The van der Waals surface area contributed by atoms with E-state index in [-0.39, 0.29) is 11.4 Å². The van der Waals surface area contributed by atoms with E-state index in [0.717, 1.165) is 73.1 Å². The number of anilines is 3. The lowest BCUT2D eigenvalue weighted by Crippen LogP contribution is -2.34. The molecule has 3 aliphatic rings. The molecule has 1 spiro atoms. The Balaban J connectivity index is 1.54. The molecule has 1 saturated carbocycles. The second-order valence-electron chi connectivity index (χ2n) is 9.95. The molecule has 11 heteroatoms. The molecule has 4 N–H and O–H groups in total. The second kappa shape index (κ2) is 9.59. The average Bonchev–Trinajstić information content (AvgIpc) is 3.43. The van der Waals surface area contributed by atoms with Gasteiger partial charge in [0.1, 0.15) is 5.69 Å². The first-order valence-corrected chi connectivity index (χ1v) is 14.8. The highest BCUT2D eigenvalue weighted by Gasteiger charge is 2.44. The third-order valence-electron chi connectivity index (χ3n) is 7.47. The molecule has 2 saturated heterocycles. The van der Waals surface area contributed by atoms with E-state index < -0.39 is 22.5 Å². The number of hydrogen-bond donors (Lipinski definition) is 3. The number of aliphatic hydroxyl groups is 1. The number of sulfonamides is 1. The highest BCUT2D eigenvalue weighted by Crippen LogP contribution is 2.54. The zero-order chi connectivity index (χ0) is 24.6. The number of aromatic nitrogens is 1. The van der Waals surface area contributed by atoms with Gasteiger partial charge in [0.25, 0.3) is 5.91 Å². The van der Waals surface area contributed by atoms with Gasteiger partial charge in [0.15, 0.2) is 5.13 Å². The lowest BCUT2D eigenvalue weighted by molar-refractivity contribution is 0.0997. The molecule has 35 heavy (non-hydrogen) atoms. The molecule has 5 rings (SSSR count). The van der Waals surface area contributed by atoms with Crippen LogP contribution in [-0.2, 0) is 10.0 Å². The van der Waals surface area contributed by atoms with Crippen molar-refractivity contribution >= 4 is 43.8 Å². The van der Waals surface area contributed by atoms with Crippen molar-refractivity contribution < 1.29 is 18.3 Å². The Bertz CT molecular complexity index is 1190. The predicted molar refractivity (Wildman–Crippen MR) is 140 cm³/mol. The predicted octanol–water partition coefficient (Wildman–Crippen LogP) is 3.01. The summed E-state index contributed by atoms with van der Waals surface area (Å²) in [4.78, 5) is 22.3. The molecule has 2 aromatic rings. The number of aliphatic hydroxyl groups excluding tert-OH is 1. The monoisotopic (exact) mass is 519 g/mol. The van der Waals surface area contributed by atoms with Gasteiger partial charge in [-0.2, -0.15) is 0 Å². The number of carbonyl (C=O) groups excluding carboxylic acids is 1. The summed E-state index contributed by atoms with van der Waals surface area (Å²) in [5, 5.41) is 9.91. The second-order valence-corrected chi connectivity index (χ2v) is 12.8. The molecule has 0 atom stereocenters. The van der Waals surface area contributed by atoms with Crippen molar-refractivity contribution in [1.82, 2.24) is 4.98 Å². The van der Waals surface area contributed by atoms with Crippen LogP contribution in [0.1, 0.15) is 55.4 Å². The Hall–Kier alpha value is -2.37. The quantitative estimate of drug-likeness (QED) is 0.489. The fraction of sp³-hybridized carbons (Fsp3) is 0.583. The van der Waals surface area contributed by atoms with E-state index in [4.69, 9.17) is 10.8 Å². The Kier molecular flexibility index (Phi) is 6.67. The summed E-state index contributed by atoms with van der Waals surface area (Å²) in [5.74, 6) is -0.926. The number of amides is 1. The SMILES string of the molecule is NC(=O)c1nc(N2CCCCC2)sc1-c1ccc(NS(=O)(=O)CCO)cc1N1CCC2(CC1)CC2. The first kappa shape index (κ1) is 24.3. The summed E-state index contributed by atoms with van der Waals surface area (Å²) in [7, 11) is -3.66. The Labute approximate surface area is 210 Å². The van der Waals surface area contributed by atoms with E-state index in [9.17, 15) is 13.2 Å². The Morgan fingerprint density at radius 1 is 1.09 bits per heavy atom. The number of thiazole rings is 1. The summed E-state index contributed by atoms with van der Waals surface area (Å²) < 4.78 is 27.2. The van der Waals surface area contributed by atoms with Crippen molar-refractivity contribution in [2.75, 3.05) is 53.1 Å². The van der Waals surface area contributed by atoms with Crippen LogP contribution in [0.15, 0.2) is 18.2 Å². The minimum Gasteiger partial charge on any atom is -0.395 e. The van der Waals surface area contributed by atoms with Crippen molar-refractivity contribution in [2.24, 2.45) is 11.1 Å². The summed E-state index contributed by atoms with van der Waals surface area (Å²) in [6.45, 7) is 3.14. The molecular formula is C24H33N5O4S2. The van der Waals surface area contributed by atoms with Crippen molar-refractivity contribution in [3.63, 3.8) is 0 Å². The minimum atomic E-state index is -3.66. The number of nitrogens with zero attached hydrogens (tertiary/aromatic N) is 3. The average molecular weight is 520 g/mol. The van der Waals surface area contributed by atoms with Gasteiger partial charge >= 0.3 is 0 Å². The van der Waals surface area contributed by atoms with Crippen molar-refractivity contribution in [3.05, 3.63) is 23.9 Å². The van der Waals surface area contributed by atoms with E-state index in [1.54, 1.807) is 6.07 Å². The summed E-state index contributed by atoms with van der Waals surface area (Å²) >= 11 is 1.48. The van der Waals surface area contributed by atoms with Crippen LogP contribution in [0.2, 0.25) is 0 Å². The lowest BCUT2D eigenvalue weighted by Gasteiger charge is -2.35. The molecule has 1 aromatic heterocycles. The molecule has 2 aliphatic heterocycles. The molecular weight excluding hydrogens is 486 g/mol. The fourth-order valence-corrected chi connectivity index (χ4v) is 7.16. The van der Waals surface area contributed by atoms with Gasteiger partial charge in [0, 0.05) is 37.4 Å².